The van der Waals surface area contributed by atoms with E-state index in [0.29, 0.717) is 6.42 Å². The van der Waals surface area contributed by atoms with Crippen molar-refractivity contribution < 1.29 is 24.2 Å². The highest BCUT2D eigenvalue weighted by Gasteiger charge is 2.80. The Bertz CT molecular complexity index is 996. The molecule has 8 heteroatoms. The minimum Gasteiger partial charge on any atom is -0.394 e. The molecule has 1 aliphatic carbocycles. The van der Waals surface area contributed by atoms with Crippen LogP contribution >= 0.6 is 0 Å². The van der Waals surface area contributed by atoms with Gasteiger partial charge in [0.05, 0.1) is 30.1 Å². The first-order valence-corrected chi connectivity index (χ1v) is 13.0. The number of aliphatic hydroxyl groups is 1. The zero-order valence-corrected chi connectivity index (χ0v) is 20.8. The number of carbonyl (C=O) groups excluding carboxylic acids is 3. The van der Waals surface area contributed by atoms with Gasteiger partial charge in [0, 0.05) is 13.1 Å². The number of hydrogen-bond acceptors (Lipinski definition) is 5. The van der Waals surface area contributed by atoms with Gasteiger partial charge in [-0.05, 0) is 37.7 Å². The van der Waals surface area contributed by atoms with E-state index in [1.165, 1.54) is 11.3 Å². The minimum absolute atomic E-state index is 0.0110. The molecular weight excluding hydrogens is 446 g/mol. The van der Waals surface area contributed by atoms with E-state index in [4.69, 9.17) is 4.74 Å². The van der Waals surface area contributed by atoms with Gasteiger partial charge in [0.25, 0.3) is 0 Å². The van der Waals surface area contributed by atoms with Crippen LogP contribution in [-0.4, -0.2) is 64.7 Å². The van der Waals surface area contributed by atoms with Crippen molar-refractivity contribution in [2.75, 3.05) is 13.7 Å². The van der Waals surface area contributed by atoms with Gasteiger partial charge in [0.2, 0.25) is 17.7 Å². The second-order valence-corrected chi connectivity index (χ2v) is 11.0. The summed E-state index contributed by atoms with van der Waals surface area (Å²) >= 11 is 0. The number of likely N-dealkylation sites (tertiary alicyclic amines) is 1. The molecule has 3 amide bonds. The SMILES string of the molecule is CNC(=O)[C@@H]1[C@H]2C(=O)N([C@H](CO)c3ccccc3)C(C(=O)NC3CCCCC3)C23CC(C)[C@@]1(C)O3. The average molecular weight is 484 g/mol. The Hall–Kier alpha value is -2.45. The first-order chi connectivity index (χ1) is 16.8. The van der Waals surface area contributed by atoms with Crippen molar-refractivity contribution in [1.29, 1.82) is 0 Å². The van der Waals surface area contributed by atoms with Gasteiger partial charge in [-0.3, -0.25) is 14.4 Å². The summed E-state index contributed by atoms with van der Waals surface area (Å²) in [5.41, 5.74) is -1.19. The van der Waals surface area contributed by atoms with E-state index in [9.17, 15) is 19.5 Å². The van der Waals surface area contributed by atoms with Crippen LogP contribution in [0.1, 0.15) is 64.0 Å². The van der Waals surface area contributed by atoms with Crippen molar-refractivity contribution in [3.8, 4) is 0 Å². The zero-order chi connectivity index (χ0) is 25.0. The average Bonchev–Trinajstić information content (AvgIpc) is 3.37. The third kappa shape index (κ3) is 3.51. The van der Waals surface area contributed by atoms with Crippen LogP contribution in [0.5, 0.6) is 0 Å². The molecule has 3 N–H and O–H groups in total. The molecule has 3 heterocycles. The Kier molecular flexibility index (Phi) is 6.16. The second-order valence-electron chi connectivity index (χ2n) is 11.0. The Labute approximate surface area is 206 Å². The molecule has 5 rings (SSSR count). The van der Waals surface area contributed by atoms with Gasteiger partial charge in [-0.1, -0.05) is 56.5 Å². The third-order valence-electron chi connectivity index (χ3n) is 9.17. The van der Waals surface area contributed by atoms with Crippen LogP contribution in [0.25, 0.3) is 0 Å². The Morgan fingerprint density at radius 1 is 1.17 bits per heavy atom. The quantitative estimate of drug-likeness (QED) is 0.573. The number of hydrogen-bond donors (Lipinski definition) is 3. The number of ether oxygens (including phenoxy) is 1. The van der Waals surface area contributed by atoms with Gasteiger partial charge in [-0.15, -0.1) is 0 Å². The number of carbonyl (C=O) groups is 3. The monoisotopic (exact) mass is 483 g/mol. The molecule has 4 fully saturated rings. The van der Waals surface area contributed by atoms with Gasteiger partial charge in [0.1, 0.15) is 11.6 Å². The molecule has 3 unspecified atom stereocenters. The second kappa shape index (κ2) is 8.89. The molecule has 1 aromatic rings. The van der Waals surface area contributed by atoms with E-state index >= 15 is 0 Å². The van der Waals surface area contributed by atoms with E-state index in [1.54, 1.807) is 7.05 Å². The fourth-order valence-corrected chi connectivity index (χ4v) is 7.42. The summed E-state index contributed by atoms with van der Waals surface area (Å²) in [6.45, 7) is 3.60. The van der Waals surface area contributed by atoms with Crippen molar-refractivity contribution in [2.24, 2.45) is 17.8 Å². The standard InChI is InChI=1S/C27H37N3O5/c1-16-14-27-21(20(23(32)28-3)26(16,2)35-27)25(34)30(19(15-31)17-10-6-4-7-11-17)22(27)24(33)29-18-12-8-5-9-13-18/h4,6-7,10-11,16,18-22,31H,5,8-9,12-15H2,1-3H3,(H,28,32)(H,29,33)/t16?,19-,20+,21+,22?,26-,27?/m1/s1. The summed E-state index contributed by atoms with van der Waals surface area (Å²) in [6, 6.07) is 7.73. The first kappa shape index (κ1) is 24.3. The van der Waals surface area contributed by atoms with E-state index in [2.05, 4.69) is 10.6 Å². The maximum atomic E-state index is 14.2. The van der Waals surface area contributed by atoms with Crippen LogP contribution < -0.4 is 10.6 Å². The van der Waals surface area contributed by atoms with Crippen LogP contribution in [0.4, 0.5) is 0 Å². The van der Waals surface area contributed by atoms with E-state index in [0.717, 1.165) is 31.2 Å². The van der Waals surface area contributed by atoms with Gasteiger partial charge in [-0.25, -0.2) is 0 Å². The largest absolute Gasteiger partial charge is 0.394 e. The fourth-order valence-electron chi connectivity index (χ4n) is 7.42. The smallest absolute Gasteiger partial charge is 0.246 e. The molecule has 1 aromatic carbocycles. The first-order valence-electron chi connectivity index (χ1n) is 13.0. The Morgan fingerprint density at radius 3 is 2.49 bits per heavy atom. The van der Waals surface area contributed by atoms with Gasteiger partial charge in [0.15, 0.2) is 0 Å². The lowest BCUT2D eigenvalue weighted by molar-refractivity contribution is -0.151. The molecule has 1 saturated carbocycles. The van der Waals surface area contributed by atoms with Gasteiger partial charge in [-0.2, -0.15) is 0 Å². The summed E-state index contributed by atoms with van der Waals surface area (Å²) in [5, 5.41) is 16.4. The predicted molar refractivity (Wildman–Crippen MR) is 129 cm³/mol. The summed E-state index contributed by atoms with van der Waals surface area (Å²) < 4.78 is 6.71. The highest BCUT2D eigenvalue weighted by molar-refractivity contribution is 5.99. The van der Waals surface area contributed by atoms with Crippen LogP contribution in [0.15, 0.2) is 30.3 Å². The summed E-state index contributed by atoms with van der Waals surface area (Å²) in [6.07, 6.45) is 5.65. The van der Waals surface area contributed by atoms with Crippen molar-refractivity contribution in [1.82, 2.24) is 15.5 Å². The number of fused-ring (bicyclic) bond motifs is 1. The molecule has 0 radical (unpaired) electrons. The Balaban J connectivity index is 1.60. The highest BCUT2D eigenvalue weighted by Crippen LogP contribution is 2.65. The number of benzene rings is 1. The summed E-state index contributed by atoms with van der Waals surface area (Å²) in [5.74, 6) is -2.26. The Morgan fingerprint density at radius 2 is 1.86 bits per heavy atom. The lowest BCUT2D eigenvalue weighted by Crippen LogP contribution is -2.58. The highest BCUT2D eigenvalue weighted by atomic mass is 16.5. The van der Waals surface area contributed by atoms with Crippen LogP contribution in [0, 0.1) is 17.8 Å². The fraction of sp³-hybridized carbons (Fsp3) is 0.667. The maximum absolute atomic E-state index is 14.2. The van der Waals surface area contributed by atoms with Crippen LogP contribution in [-0.2, 0) is 19.1 Å². The molecule has 7 atom stereocenters. The maximum Gasteiger partial charge on any atom is 0.246 e. The minimum atomic E-state index is -1.11. The lowest BCUT2D eigenvalue weighted by atomic mass is 9.62. The number of nitrogens with one attached hydrogen (secondary N) is 2. The molecule has 35 heavy (non-hydrogen) atoms. The molecule has 3 saturated heterocycles. The molecule has 8 nitrogen and oxygen atoms in total. The van der Waals surface area contributed by atoms with Crippen molar-refractivity contribution in [2.45, 2.75) is 81.7 Å². The van der Waals surface area contributed by atoms with E-state index < -0.39 is 35.1 Å². The van der Waals surface area contributed by atoms with Crippen LogP contribution in [0.3, 0.4) is 0 Å². The van der Waals surface area contributed by atoms with E-state index in [-0.39, 0.29) is 36.3 Å². The predicted octanol–water partition coefficient (Wildman–Crippen LogP) is 1.93. The van der Waals surface area contributed by atoms with Gasteiger partial charge >= 0.3 is 0 Å². The topological polar surface area (TPSA) is 108 Å². The number of nitrogens with zero attached hydrogens (tertiary/aromatic N) is 1. The summed E-state index contributed by atoms with van der Waals surface area (Å²) in [7, 11) is 1.57. The van der Waals surface area contributed by atoms with E-state index in [1.807, 2.05) is 44.2 Å². The van der Waals surface area contributed by atoms with Crippen LogP contribution in [0.2, 0.25) is 0 Å². The van der Waals surface area contributed by atoms with Crippen molar-refractivity contribution in [3.63, 3.8) is 0 Å². The molecule has 4 aliphatic rings. The van der Waals surface area contributed by atoms with Crippen molar-refractivity contribution >= 4 is 17.7 Å². The zero-order valence-electron chi connectivity index (χ0n) is 20.8. The lowest BCUT2D eigenvalue weighted by Gasteiger charge is -2.38. The molecule has 0 aromatic heterocycles. The molecule has 1 spiro atoms. The number of rotatable bonds is 6. The summed E-state index contributed by atoms with van der Waals surface area (Å²) in [4.78, 5) is 42.9. The molecule has 3 aliphatic heterocycles. The normalized spacial score (nSPS) is 37.3. The van der Waals surface area contributed by atoms with Gasteiger partial charge < -0.3 is 25.4 Å². The molecule has 2 bridgehead atoms. The number of amides is 3. The third-order valence-corrected chi connectivity index (χ3v) is 9.17. The molecular formula is C27H37N3O5. The molecule has 190 valence electrons. The van der Waals surface area contributed by atoms with Crippen molar-refractivity contribution in [3.05, 3.63) is 35.9 Å². The number of aliphatic hydroxyl groups excluding tert-OH is 1.